The number of ether oxygens (including phenoxy) is 3. The van der Waals surface area contributed by atoms with Crippen LogP contribution < -0.4 is 10.5 Å². The van der Waals surface area contributed by atoms with Gasteiger partial charge in [0.2, 0.25) is 5.91 Å². The van der Waals surface area contributed by atoms with E-state index in [1.807, 2.05) is 0 Å². The number of hydrogen-bond acceptors (Lipinski definition) is 8. The highest BCUT2D eigenvalue weighted by Gasteiger charge is 2.50. The molecule has 3 atom stereocenters. The van der Waals surface area contributed by atoms with Gasteiger partial charge >= 0.3 is 16.4 Å². The summed E-state index contributed by atoms with van der Waals surface area (Å²) in [7, 11) is -4.94. The maximum atomic E-state index is 12.7. The molecular weight excluding hydrogens is 434 g/mol. The molecule has 2 bridgehead atoms. The Balaban J connectivity index is 1.61. The van der Waals surface area contributed by atoms with Gasteiger partial charge in [-0.1, -0.05) is 6.07 Å². The number of carbonyl (C=O) groups excluding carboxylic acids is 2. The van der Waals surface area contributed by atoms with E-state index in [1.165, 1.54) is 4.90 Å². The molecule has 1 unspecified atom stereocenters. The normalized spacial score (nSPS) is 26.8. The fourth-order valence-corrected chi connectivity index (χ4v) is 4.49. The summed E-state index contributed by atoms with van der Waals surface area (Å²) >= 11 is 0. The molecule has 3 aliphatic rings. The molecule has 2 fully saturated rings. The first-order valence-electron chi connectivity index (χ1n) is 9.57. The number of benzene rings is 1. The lowest BCUT2D eigenvalue weighted by molar-refractivity contribution is -0.141. The zero-order valence-electron chi connectivity index (χ0n) is 16.9. The van der Waals surface area contributed by atoms with Crippen molar-refractivity contribution < 1.29 is 41.1 Å². The van der Waals surface area contributed by atoms with Crippen LogP contribution in [0.15, 0.2) is 18.2 Å². The number of amides is 3. The van der Waals surface area contributed by atoms with Crippen LogP contribution in [-0.4, -0.2) is 66.5 Å². The van der Waals surface area contributed by atoms with Crippen LogP contribution in [0.4, 0.5) is 4.79 Å². The molecule has 4 rings (SSSR count). The quantitative estimate of drug-likeness (QED) is 0.561. The van der Waals surface area contributed by atoms with E-state index in [1.54, 1.807) is 32.0 Å². The summed E-state index contributed by atoms with van der Waals surface area (Å²) in [6.45, 7) is 4.25. The summed E-state index contributed by atoms with van der Waals surface area (Å²) in [5.74, 6) is -0.866. The smallest absolute Gasteiger partial charge is 0.418 e. The molecule has 12 nitrogen and oxygen atoms in total. The summed E-state index contributed by atoms with van der Waals surface area (Å²) in [6, 6.07) is 2.68. The number of carbonyl (C=O) groups is 2. The van der Waals surface area contributed by atoms with Crippen LogP contribution in [0.5, 0.6) is 5.75 Å². The van der Waals surface area contributed by atoms with E-state index in [0.29, 0.717) is 28.5 Å². The van der Waals surface area contributed by atoms with E-state index in [-0.39, 0.29) is 25.7 Å². The molecule has 3 heterocycles. The van der Waals surface area contributed by atoms with Crippen LogP contribution in [0.1, 0.15) is 43.5 Å². The maximum Gasteiger partial charge on any atom is 0.418 e. The van der Waals surface area contributed by atoms with Gasteiger partial charge in [-0.25, -0.2) is 4.79 Å². The Hall–Kier alpha value is -2.45. The molecule has 0 aliphatic carbocycles. The van der Waals surface area contributed by atoms with E-state index in [2.05, 4.69) is 4.28 Å². The second-order valence-electron chi connectivity index (χ2n) is 8.02. The molecule has 3 amide bonds. The van der Waals surface area contributed by atoms with Crippen LogP contribution in [0.3, 0.4) is 0 Å². The van der Waals surface area contributed by atoms with Gasteiger partial charge < -0.3 is 24.8 Å². The molecule has 0 saturated carbocycles. The van der Waals surface area contributed by atoms with Gasteiger partial charge in [-0.2, -0.15) is 13.5 Å². The van der Waals surface area contributed by atoms with E-state index in [9.17, 15) is 18.0 Å². The Labute approximate surface area is 178 Å². The van der Waals surface area contributed by atoms with Gasteiger partial charge in [0.1, 0.15) is 24.5 Å². The third-order valence-electron chi connectivity index (χ3n) is 5.31. The van der Waals surface area contributed by atoms with E-state index < -0.39 is 40.2 Å². The topological polar surface area (TPSA) is 158 Å². The molecule has 3 N–H and O–H groups in total. The number of urea groups is 1. The number of hydroxylamine groups is 2. The van der Waals surface area contributed by atoms with Crippen LogP contribution in [-0.2, 0) is 29.0 Å². The number of primary amides is 1. The van der Waals surface area contributed by atoms with Crippen LogP contribution in [0, 0.1) is 0 Å². The van der Waals surface area contributed by atoms with Crippen molar-refractivity contribution in [3.63, 3.8) is 0 Å². The van der Waals surface area contributed by atoms with Gasteiger partial charge in [0.25, 0.3) is 0 Å². The van der Waals surface area contributed by atoms with Crippen molar-refractivity contribution in [3.05, 3.63) is 29.3 Å². The van der Waals surface area contributed by atoms with Crippen molar-refractivity contribution in [1.29, 1.82) is 0 Å². The molecule has 13 heteroatoms. The molecule has 1 aromatic rings. The van der Waals surface area contributed by atoms with Crippen molar-refractivity contribution in [2.45, 2.75) is 44.2 Å². The third kappa shape index (κ3) is 4.45. The monoisotopic (exact) mass is 457 g/mol. The molecule has 3 aliphatic heterocycles. The second kappa shape index (κ2) is 7.60. The minimum atomic E-state index is -4.94. The van der Waals surface area contributed by atoms with Crippen molar-refractivity contribution in [1.82, 2.24) is 9.96 Å². The highest BCUT2D eigenvalue weighted by atomic mass is 32.3. The summed E-state index contributed by atoms with van der Waals surface area (Å²) in [6.07, 6.45) is -0.426. The highest BCUT2D eigenvalue weighted by Crippen LogP contribution is 2.46. The minimum absolute atomic E-state index is 0.0521. The summed E-state index contributed by atoms with van der Waals surface area (Å²) in [5, 5.41) is 0.579. The van der Waals surface area contributed by atoms with Crippen LogP contribution in [0.25, 0.3) is 0 Å². The van der Waals surface area contributed by atoms with Crippen molar-refractivity contribution >= 4 is 22.3 Å². The Kier molecular flexibility index (Phi) is 5.34. The second-order valence-corrected chi connectivity index (χ2v) is 9.02. The lowest BCUT2D eigenvalue weighted by Crippen LogP contribution is -2.36. The number of hydrogen-bond donors (Lipinski definition) is 2. The maximum absolute atomic E-state index is 12.7. The Morgan fingerprint density at radius 3 is 2.71 bits per heavy atom. The molecule has 31 heavy (non-hydrogen) atoms. The zero-order valence-corrected chi connectivity index (χ0v) is 17.7. The number of fused-ring (bicyclic) bond motifs is 4. The molecule has 0 aromatic heterocycles. The molecule has 0 radical (unpaired) electrons. The van der Waals surface area contributed by atoms with Crippen LogP contribution >= 0.6 is 0 Å². The van der Waals surface area contributed by atoms with Crippen molar-refractivity contribution in [2.75, 3.05) is 19.8 Å². The number of rotatable bonds is 7. The summed E-state index contributed by atoms with van der Waals surface area (Å²) < 4.78 is 53.1. The Morgan fingerprint density at radius 2 is 2.10 bits per heavy atom. The fraction of sp³-hybridized carbons (Fsp3) is 0.556. The molecule has 2 saturated heterocycles. The average molecular weight is 457 g/mol. The largest absolute Gasteiger partial charge is 0.491 e. The third-order valence-corrected chi connectivity index (χ3v) is 5.66. The van der Waals surface area contributed by atoms with Gasteiger partial charge in [-0.05, 0) is 37.1 Å². The van der Waals surface area contributed by atoms with Crippen molar-refractivity contribution in [2.24, 2.45) is 5.73 Å². The summed E-state index contributed by atoms with van der Waals surface area (Å²) in [4.78, 5) is 25.6. The molecule has 0 spiro atoms. The highest BCUT2D eigenvalue weighted by molar-refractivity contribution is 7.80. The predicted molar refractivity (Wildman–Crippen MR) is 103 cm³/mol. The lowest BCUT2D eigenvalue weighted by Gasteiger charge is -2.32. The molecule has 170 valence electrons. The van der Waals surface area contributed by atoms with Crippen LogP contribution in [0.2, 0.25) is 0 Å². The van der Waals surface area contributed by atoms with Gasteiger partial charge in [-0.3, -0.25) is 9.35 Å². The first-order valence-corrected chi connectivity index (χ1v) is 10.9. The number of nitrogens with two attached hydrogens (primary N) is 1. The first kappa shape index (κ1) is 21.8. The Morgan fingerprint density at radius 1 is 1.35 bits per heavy atom. The van der Waals surface area contributed by atoms with E-state index in [4.69, 9.17) is 24.5 Å². The molecular formula is C18H23N3O9S. The van der Waals surface area contributed by atoms with Gasteiger partial charge in [-0.15, -0.1) is 4.28 Å². The van der Waals surface area contributed by atoms with Crippen molar-refractivity contribution in [3.8, 4) is 5.75 Å². The van der Waals surface area contributed by atoms with E-state index in [0.717, 1.165) is 0 Å². The van der Waals surface area contributed by atoms with E-state index >= 15 is 0 Å². The SMILES string of the molecule is CC1(C)OCC(COc2ccc3c(c2)[C@@H]2CN(C(=O)N2OS(=O)(=O)O)[C@H]3CC(N)=O)O1. The minimum Gasteiger partial charge on any atom is -0.491 e. The summed E-state index contributed by atoms with van der Waals surface area (Å²) in [5.41, 5.74) is 6.49. The first-order chi connectivity index (χ1) is 14.4. The van der Waals surface area contributed by atoms with Gasteiger partial charge in [0.05, 0.1) is 25.6 Å². The standard InChI is InChI=1S/C18H23N3O9S/c1-18(2)28-9-11(29-18)8-27-10-3-4-12-13(5-10)15-7-20(14(12)6-16(19)22)17(23)21(15)30-31(24,25)26/h3-5,11,14-15H,6-9H2,1-2H3,(H2,19,22)(H,24,25,26)/t11?,14-,15-/m0/s1. The number of nitrogens with zero attached hydrogens (tertiary/aromatic N) is 2. The molecule has 1 aromatic carbocycles. The zero-order chi connectivity index (χ0) is 22.6. The fourth-order valence-electron chi connectivity index (χ4n) is 4.12. The van der Waals surface area contributed by atoms with Gasteiger partial charge in [0, 0.05) is 0 Å². The predicted octanol–water partition coefficient (Wildman–Crippen LogP) is 0.660. The Bertz CT molecular complexity index is 1010. The average Bonchev–Trinajstić information content (AvgIpc) is 3.14. The lowest BCUT2D eigenvalue weighted by atomic mass is 9.89. The van der Waals surface area contributed by atoms with Gasteiger partial charge in [0.15, 0.2) is 5.79 Å².